The number of hydrogen-bond acceptors (Lipinski definition) is 9. The van der Waals surface area contributed by atoms with Gasteiger partial charge in [-0.25, -0.2) is 14.5 Å². The monoisotopic (exact) mass is 548 g/mol. The number of alkyl carbamates (subject to hydrolysis) is 1. The van der Waals surface area contributed by atoms with Crippen LogP contribution in [-0.2, 0) is 16.2 Å². The van der Waals surface area contributed by atoms with E-state index >= 15 is 0 Å². The summed E-state index contributed by atoms with van der Waals surface area (Å²) in [5, 5.41) is 33.0. The second kappa shape index (κ2) is 12.2. The van der Waals surface area contributed by atoms with Gasteiger partial charge < -0.3 is 25.2 Å². The lowest BCUT2D eigenvalue weighted by Crippen LogP contribution is -2.54. The van der Waals surface area contributed by atoms with Gasteiger partial charge in [0.05, 0.1) is 23.1 Å². The van der Waals surface area contributed by atoms with Gasteiger partial charge in [-0.15, -0.1) is 5.10 Å². The van der Waals surface area contributed by atoms with E-state index in [1.54, 1.807) is 43.9 Å². The minimum atomic E-state index is -1.19. The molecular weight excluding hydrogens is 508 g/mol. The molecule has 0 unspecified atom stereocenters. The number of amides is 1. The quantitative estimate of drug-likeness (QED) is 0.170. The number of nitrogens with zero attached hydrogens (tertiary/aromatic N) is 4. The number of rotatable bonds is 10. The van der Waals surface area contributed by atoms with Gasteiger partial charge in [0.25, 0.3) is 5.69 Å². The molecule has 12 nitrogen and oxygen atoms in total. The standard InChI is InChI=1S/C25H40N6O6Si/c1-25(2,3)37-24(33)28-19-9-7-8-18(22(19)32)27-20-14-17(10-11-21(20)31(34)35)23-26-15-30(29-23)16-36-12-13-38(4,5)6/h10-11,14-15,18-19,22,27,32H,7-9,12-13,16H2,1-6H3,(H,28,33)/t18-,19+,22+/m1/s1. The molecule has 1 heterocycles. The second-order valence-electron chi connectivity index (χ2n) is 11.9. The Morgan fingerprint density at radius 3 is 2.63 bits per heavy atom. The van der Waals surface area contributed by atoms with Crippen LogP contribution < -0.4 is 10.6 Å². The number of aliphatic hydroxyl groups excluding tert-OH is 1. The van der Waals surface area contributed by atoms with Crippen LogP contribution in [0.4, 0.5) is 16.2 Å². The summed E-state index contributed by atoms with van der Waals surface area (Å²) < 4.78 is 12.6. The van der Waals surface area contributed by atoms with E-state index < -0.39 is 42.9 Å². The van der Waals surface area contributed by atoms with Crippen LogP contribution in [0, 0.1) is 10.1 Å². The van der Waals surface area contributed by atoms with Crippen molar-refractivity contribution in [2.45, 2.75) is 96.2 Å². The molecule has 1 amide bonds. The highest BCUT2D eigenvalue weighted by Gasteiger charge is 2.35. The number of nitro groups is 1. The Hall–Kier alpha value is -3.03. The molecule has 2 aromatic rings. The summed E-state index contributed by atoms with van der Waals surface area (Å²) in [5.41, 5.74) is 0.0472. The summed E-state index contributed by atoms with van der Waals surface area (Å²) in [6.07, 6.45) is 1.85. The highest BCUT2D eigenvalue weighted by atomic mass is 28.3. The first kappa shape index (κ1) is 29.5. The Morgan fingerprint density at radius 2 is 1.97 bits per heavy atom. The molecule has 1 saturated carbocycles. The van der Waals surface area contributed by atoms with Crippen molar-refractivity contribution < 1.29 is 24.3 Å². The fourth-order valence-corrected chi connectivity index (χ4v) is 4.89. The summed E-state index contributed by atoms with van der Waals surface area (Å²) in [7, 11) is -1.19. The van der Waals surface area contributed by atoms with E-state index in [-0.39, 0.29) is 18.1 Å². The van der Waals surface area contributed by atoms with Gasteiger partial charge in [-0.3, -0.25) is 10.1 Å². The van der Waals surface area contributed by atoms with Crippen LogP contribution in [0.15, 0.2) is 24.5 Å². The second-order valence-corrected chi connectivity index (χ2v) is 17.5. The molecule has 0 saturated heterocycles. The zero-order chi connectivity index (χ0) is 28.1. The zero-order valence-electron chi connectivity index (χ0n) is 23.1. The van der Waals surface area contributed by atoms with Crippen molar-refractivity contribution in [1.29, 1.82) is 0 Å². The van der Waals surface area contributed by atoms with Crippen LogP contribution in [0.3, 0.4) is 0 Å². The molecule has 3 rings (SSSR count). The smallest absolute Gasteiger partial charge is 0.407 e. The number of carbonyl (C=O) groups excluding carboxylic acids is 1. The number of benzene rings is 1. The number of aromatic nitrogens is 3. The molecule has 1 fully saturated rings. The van der Waals surface area contributed by atoms with Gasteiger partial charge in [0.15, 0.2) is 5.82 Å². The molecule has 38 heavy (non-hydrogen) atoms. The number of nitrogens with one attached hydrogen (secondary N) is 2. The first-order valence-electron chi connectivity index (χ1n) is 12.9. The van der Waals surface area contributed by atoms with E-state index in [0.29, 0.717) is 37.3 Å². The van der Waals surface area contributed by atoms with Gasteiger partial charge in [0.2, 0.25) is 0 Å². The molecule has 0 bridgehead atoms. The van der Waals surface area contributed by atoms with Gasteiger partial charge in [0.1, 0.15) is 24.3 Å². The van der Waals surface area contributed by atoms with E-state index in [1.807, 2.05) is 0 Å². The first-order chi connectivity index (χ1) is 17.7. The lowest BCUT2D eigenvalue weighted by Gasteiger charge is -2.36. The number of carbonyl (C=O) groups is 1. The molecule has 1 aliphatic rings. The van der Waals surface area contributed by atoms with Crippen molar-refractivity contribution in [3.05, 3.63) is 34.6 Å². The van der Waals surface area contributed by atoms with Crippen LogP contribution in [0.25, 0.3) is 11.4 Å². The highest BCUT2D eigenvalue weighted by Crippen LogP contribution is 2.32. The van der Waals surface area contributed by atoms with Crippen molar-refractivity contribution in [2.75, 3.05) is 11.9 Å². The molecular formula is C25H40N6O6Si. The number of ether oxygens (including phenoxy) is 2. The fourth-order valence-electron chi connectivity index (χ4n) is 4.13. The average molecular weight is 549 g/mol. The van der Waals surface area contributed by atoms with Crippen LogP contribution >= 0.6 is 0 Å². The van der Waals surface area contributed by atoms with Gasteiger partial charge in [-0.05, 0) is 58.2 Å². The topological polar surface area (TPSA) is 154 Å². The van der Waals surface area contributed by atoms with E-state index in [9.17, 15) is 20.0 Å². The van der Waals surface area contributed by atoms with Gasteiger partial charge >= 0.3 is 6.09 Å². The summed E-state index contributed by atoms with van der Waals surface area (Å²) in [6, 6.07) is 4.60. The first-order valence-corrected chi connectivity index (χ1v) is 16.6. The predicted octanol–water partition coefficient (Wildman–Crippen LogP) is 4.38. The average Bonchev–Trinajstić information content (AvgIpc) is 3.26. The van der Waals surface area contributed by atoms with Gasteiger partial charge in [-0.1, -0.05) is 19.6 Å². The third-order valence-corrected chi connectivity index (χ3v) is 7.81. The Bertz CT molecular complexity index is 1110. The molecule has 1 aromatic carbocycles. The van der Waals surface area contributed by atoms with Crippen molar-refractivity contribution in [2.24, 2.45) is 0 Å². The Labute approximate surface area is 224 Å². The van der Waals surface area contributed by atoms with Crippen LogP contribution in [0.1, 0.15) is 40.0 Å². The highest BCUT2D eigenvalue weighted by molar-refractivity contribution is 6.76. The van der Waals surface area contributed by atoms with Crippen LogP contribution in [0.2, 0.25) is 25.7 Å². The summed E-state index contributed by atoms with van der Waals surface area (Å²) in [4.78, 5) is 27.8. The molecule has 0 radical (unpaired) electrons. The molecule has 210 valence electrons. The van der Waals surface area contributed by atoms with Crippen molar-refractivity contribution in [1.82, 2.24) is 20.1 Å². The third-order valence-electron chi connectivity index (χ3n) is 6.11. The van der Waals surface area contributed by atoms with Crippen LogP contribution in [-0.4, -0.2) is 69.4 Å². The summed E-state index contributed by atoms with van der Waals surface area (Å²) in [6.45, 7) is 13.1. The largest absolute Gasteiger partial charge is 0.444 e. The third kappa shape index (κ3) is 8.77. The minimum absolute atomic E-state index is 0.128. The maximum absolute atomic E-state index is 12.2. The van der Waals surface area contributed by atoms with E-state index in [0.717, 1.165) is 6.04 Å². The van der Waals surface area contributed by atoms with E-state index in [4.69, 9.17) is 9.47 Å². The minimum Gasteiger partial charge on any atom is -0.444 e. The zero-order valence-corrected chi connectivity index (χ0v) is 24.1. The van der Waals surface area contributed by atoms with Crippen LogP contribution in [0.5, 0.6) is 0 Å². The Kier molecular flexibility index (Phi) is 9.49. The Morgan fingerprint density at radius 1 is 1.26 bits per heavy atom. The van der Waals surface area contributed by atoms with E-state index in [1.165, 1.54) is 6.07 Å². The van der Waals surface area contributed by atoms with Crippen molar-refractivity contribution in [3.63, 3.8) is 0 Å². The van der Waals surface area contributed by atoms with Crippen molar-refractivity contribution in [3.8, 4) is 11.4 Å². The lowest BCUT2D eigenvalue weighted by molar-refractivity contribution is -0.384. The Balaban J connectivity index is 1.71. The van der Waals surface area contributed by atoms with Crippen molar-refractivity contribution >= 4 is 25.5 Å². The SMILES string of the molecule is CC(C)(C)OC(=O)N[C@H]1CCC[C@@H](Nc2cc(-c3ncn(COCC[Si](C)(C)C)n3)ccc2[N+](=O)[O-])[C@@H]1O. The molecule has 1 aromatic heterocycles. The van der Waals surface area contributed by atoms with E-state index in [2.05, 4.69) is 40.4 Å². The molecule has 3 atom stereocenters. The number of aliphatic hydroxyl groups is 1. The number of hydrogen-bond donors (Lipinski definition) is 3. The molecule has 0 aliphatic heterocycles. The molecule has 13 heteroatoms. The van der Waals surface area contributed by atoms with Gasteiger partial charge in [0, 0.05) is 26.3 Å². The molecule has 3 N–H and O–H groups in total. The summed E-state index contributed by atoms with van der Waals surface area (Å²) >= 11 is 0. The molecule has 0 spiro atoms. The predicted molar refractivity (Wildman–Crippen MR) is 147 cm³/mol. The molecule has 1 aliphatic carbocycles. The normalized spacial score (nSPS) is 20.1. The fraction of sp³-hybridized carbons (Fsp3) is 0.640. The lowest BCUT2D eigenvalue weighted by atomic mass is 9.88. The maximum Gasteiger partial charge on any atom is 0.407 e. The number of nitro benzene ring substituents is 1. The maximum atomic E-state index is 12.2. The number of anilines is 1. The van der Waals surface area contributed by atoms with Gasteiger partial charge in [-0.2, -0.15) is 0 Å². The summed E-state index contributed by atoms with van der Waals surface area (Å²) in [5.74, 6) is 0.408.